The van der Waals surface area contributed by atoms with E-state index in [4.69, 9.17) is 10.5 Å². The van der Waals surface area contributed by atoms with E-state index < -0.39 is 17.7 Å². The maximum atomic E-state index is 14.9. The number of nitrogen functional groups attached to an aromatic ring is 1. The van der Waals surface area contributed by atoms with Crippen molar-refractivity contribution in [2.45, 2.75) is 18.9 Å². The molecule has 0 fully saturated rings. The highest BCUT2D eigenvalue weighted by atomic mass is 19.1. The minimum Gasteiger partial charge on any atom is -0.493 e. The van der Waals surface area contributed by atoms with Crippen molar-refractivity contribution in [3.05, 3.63) is 58.8 Å². The largest absolute Gasteiger partial charge is 0.493 e. The highest BCUT2D eigenvalue weighted by Gasteiger charge is 2.26. The van der Waals surface area contributed by atoms with Gasteiger partial charge < -0.3 is 20.7 Å². The normalized spacial score (nSPS) is 17.2. The monoisotopic (exact) mass is 451 g/mol. The summed E-state index contributed by atoms with van der Waals surface area (Å²) in [6, 6.07) is 8.36. The second-order valence-corrected chi connectivity index (χ2v) is 8.46. The van der Waals surface area contributed by atoms with Gasteiger partial charge in [0.25, 0.3) is 5.91 Å². The first-order chi connectivity index (χ1) is 15.8. The van der Waals surface area contributed by atoms with Gasteiger partial charge in [0.15, 0.2) is 5.82 Å². The van der Waals surface area contributed by atoms with Gasteiger partial charge in [0.05, 0.1) is 12.2 Å². The quantitative estimate of drug-likeness (QED) is 0.635. The van der Waals surface area contributed by atoms with Crippen LogP contribution in [0, 0.1) is 11.8 Å². The Kier molecular flexibility index (Phi) is 5.20. The topological polar surface area (TPSA) is 93.4 Å². The molecular weight excluding hydrogens is 428 g/mol. The first kappa shape index (κ1) is 21.3. The molecule has 2 aliphatic heterocycles. The minimum atomic E-state index is -0.813. The molecular formula is C24H23F2N5O2. The Balaban J connectivity index is 1.62. The highest BCUT2D eigenvalue weighted by Crippen LogP contribution is 2.38. The molecule has 0 saturated heterocycles. The van der Waals surface area contributed by atoms with E-state index in [1.54, 1.807) is 18.2 Å². The molecule has 0 radical (unpaired) electrons. The van der Waals surface area contributed by atoms with Crippen molar-refractivity contribution in [3.63, 3.8) is 0 Å². The van der Waals surface area contributed by atoms with Crippen LogP contribution in [0.5, 0.6) is 5.75 Å². The first-order valence-electron chi connectivity index (χ1n) is 10.7. The van der Waals surface area contributed by atoms with Gasteiger partial charge in [-0.15, -0.1) is 0 Å². The van der Waals surface area contributed by atoms with Crippen molar-refractivity contribution < 1.29 is 18.3 Å². The van der Waals surface area contributed by atoms with Crippen molar-refractivity contribution in [1.29, 1.82) is 0 Å². The van der Waals surface area contributed by atoms with Gasteiger partial charge in [-0.2, -0.15) is 9.37 Å². The molecule has 1 aromatic heterocycles. The summed E-state index contributed by atoms with van der Waals surface area (Å²) in [7, 11) is 3.97. The Morgan fingerprint density at radius 2 is 1.94 bits per heavy atom. The molecule has 2 aliphatic rings. The van der Waals surface area contributed by atoms with E-state index in [1.165, 1.54) is 6.07 Å². The number of halogens is 2. The number of anilines is 1. The van der Waals surface area contributed by atoms with Crippen molar-refractivity contribution in [3.8, 4) is 28.3 Å². The zero-order valence-corrected chi connectivity index (χ0v) is 18.3. The lowest BCUT2D eigenvalue weighted by Crippen LogP contribution is -2.32. The fraction of sp³-hybridized carbons (Fsp3) is 0.292. The average molecular weight is 451 g/mol. The van der Waals surface area contributed by atoms with Gasteiger partial charge in [0.2, 0.25) is 5.95 Å². The van der Waals surface area contributed by atoms with Crippen molar-refractivity contribution in [2.24, 2.45) is 0 Å². The van der Waals surface area contributed by atoms with Crippen LogP contribution in [0.25, 0.3) is 22.5 Å². The minimum absolute atomic E-state index is 0.0148. The predicted molar refractivity (Wildman–Crippen MR) is 120 cm³/mol. The molecule has 9 heteroatoms. The zero-order chi connectivity index (χ0) is 23.3. The SMILES string of the molecule is CN(C)[C@@H]1CCOc2ccc(-c3nc(-c4cc(F)c5c(c4)CCNC5=O)c(N)nc3F)cc21. The Bertz CT molecular complexity index is 1280. The van der Waals surface area contributed by atoms with Gasteiger partial charge in [-0.3, -0.25) is 4.79 Å². The second-order valence-electron chi connectivity index (χ2n) is 8.46. The number of fused-ring (bicyclic) bond motifs is 2. The number of carbonyl (C=O) groups excluding carboxylic acids is 1. The van der Waals surface area contributed by atoms with E-state index in [2.05, 4.69) is 20.2 Å². The number of ether oxygens (including phenoxy) is 1. The van der Waals surface area contributed by atoms with E-state index in [-0.39, 0.29) is 28.8 Å². The summed E-state index contributed by atoms with van der Waals surface area (Å²) in [5.41, 5.74) is 8.55. The summed E-state index contributed by atoms with van der Waals surface area (Å²) in [6.07, 6.45) is 1.29. The van der Waals surface area contributed by atoms with Crippen molar-refractivity contribution >= 4 is 11.7 Å². The lowest BCUT2D eigenvalue weighted by atomic mass is 9.95. The van der Waals surface area contributed by atoms with Crippen LogP contribution in [-0.4, -0.2) is 48.0 Å². The van der Waals surface area contributed by atoms with Crippen LogP contribution < -0.4 is 15.8 Å². The van der Waals surface area contributed by atoms with Gasteiger partial charge in [-0.05, 0) is 56.4 Å². The third-order valence-electron chi connectivity index (χ3n) is 6.15. The maximum absolute atomic E-state index is 14.9. The zero-order valence-electron chi connectivity index (χ0n) is 18.3. The Hall–Kier alpha value is -3.59. The number of hydrogen-bond acceptors (Lipinski definition) is 6. The maximum Gasteiger partial charge on any atom is 0.254 e. The molecule has 1 atom stereocenters. The number of nitrogens with two attached hydrogens (primary N) is 1. The average Bonchev–Trinajstić information content (AvgIpc) is 2.78. The number of nitrogens with one attached hydrogen (secondary N) is 1. The van der Waals surface area contributed by atoms with E-state index in [0.29, 0.717) is 36.3 Å². The summed E-state index contributed by atoms with van der Waals surface area (Å²) < 4.78 is 35.4. The number of amides is 1. The van der Waals surface area contributed by atoms with E-state index in [1.807, 2.05) is 20.2 Å². The first-order valence-corrected chi connectivity index (χ1v) is 10.7. The highest BCUT2D eigenvalue weighted by molar-refractivity contribution is 5.97. The molecule has 3 heterocycles. The molecule has 0 saturated carbocycles. The van der Waals surface area contributed by atoms with Gasteiger partial charge in [0.1, 0.15) is 23.0 Å². The molecule has 33 heavy (non-hydrogen) atoms. The third-order valence-corrected chi connectivity index (χ3v) is 6.15. The molecule has 1 amide bonds. The molecule has 7 nitrogen and oxygen atoms in total. The fourth-order valence-electron chi connectivity index (χ4n) is 4.53. The van der Waals surface area contributed by atoms with E-state index in [0.717, 1.165) is 17.7 Å². The fourth-order valence-corrected chi connectivity index (χ4v) is 4.53. The van der Waals surface area contributed by atoms with Crippen LogP contribution in [0.1, 0.15) is 33.9 Å². The van der Waals surface area contributed by atoms with Crippen LogP contribution >= 0.6 is 0 Å². The van der Waals surface area contributed by atoms with Crippen LogP contribution in [0.4, 0.5) is 14.6 Å². The smallest absolute Gasteiger partial charge is 0.254 e. The van der Waals surface area contributed by atoms with Crippen LogP contribution in [0.15, 0.2) is 30.3 Å². The van der Waals surface area contributed by atoms with Crippen LogP contribution in [0.3, 0.4) is 0 Å². The number of hydrogen-bond donors (Lipinski definition) is 2. The predicted octanol–water partition coefficient (Wildman–Crippen LogP) is 3.34. The summed E-state index contributed by atoms with van der Waals surface area (Å²) in [5.74, 6) is -1.34. The third kappa shape index (κ3) is 3.68. The van der Waals surface area contributed by atoms with Crippen molar-refractivity contribution in [1.82, 2.24) is 20.2 Å². The molecule has 0 unspecified atom stereocenters. The number of nitrogens with zero attached hydrogens (tertiary/aromatic N) is 3. The number of benzene rings is 2. The summed E-state index contributed by atoms with van der Waals surface area (Å²) in [5, 5.41) is 2.63. The summed E-state index contributed by atoms with van der Waals surface area (Å²) in [6.45, 7) is 1.02. The van der Waals surface area contributed by atoms with Gasteiger partial charge in [0, 0.05) is 35.7 Å². The number of aromatic nitrogens is 2. The molecule has 170 valence electrons. The Morgan fingerprint density at radius 1 is 1.12 bits per heavy atom. The summed E-state index contributed by atoms with van der Waals surface area (Å²) >= 11 is 0. The molecule has 3 aromatic rings. The molecule has 0 bridgehead atoms. The standard InChI is InChI=1S/C24H23F2N5O2/c1-31(2)17-6-8-33-18-4-3-13(10-15(17)18)20-22(26)30-23(27)21(29-20)14-9-12-5-7-28-24(32)19(12)16(25)11-14/h3-4,9-11,17H,5-8H2,1-2H3,(H2,27,30)(H,28,32)/t17-/m1/s1. The molecule has 3 N–H and O–H groups in total. The lowest BCUT2D eigenvalue weighted by Gasteiger charge is -2.31. The molecule has 2 aromatic carbocycles. The number of rotatable bonds is 3. The van der Waals surface area contributed by atoms with Gasteiger partial charge in [-0.25, -0.2) is 9.37 Å². The van der Waals surface area contributed by atoms with Crippen LogP contribution in [0.2, 0.25) is 0 Å². The Morgan fingerprint density at radius 3 is 2.73 bits per heavy atom. The summed E-state index contributed by atoms with van der Waals surface area (Å²) in [4.78, 5) is 22.4. The van der Waals surface area contributed by atoms with Crippen LogP contribution in [-0.2, 0) is 6.42 Å². The molecule has 0 aliphatic carbocycles. The number of carbonyl (C=O) groups is 1. The second kappa shape index (κ2) is 8.08. The Labute approximate surface area is 189 Å². The van der Waals surface area contributed by atoms with Gasteiger partial charge >= 0.3 is 0 Å². The van der Waals surface area contributed by atoms with E-state index in [9.17, 15) is 13.6 Å². The molecule has 5 rings (SSSR count). The van der Waals surface area contributed by atoms with E-state index >= 15 is 0 Å². The molecule has 0 spiro atoms. The van der Waals surface area contributed by atoms with Crippen molar-refractivity contribution in [2.75, 3.05) is 33.0 Å². The van der Waals surface area contributed by atoms with Gasteiger partial charge in [-0.1, -0.05) is 0 Å². The lowest BCUT2D eigenvalue weighted by molar-refractivity contribution is 0.0941.